The Labute approximate surface area is 115 Å². The van der Waals surface area contributed by atoms with Crippen molar-refractivity contribution in [3.8, 4) is 0 Å². The summed E-state index contributed by atoms with van der Waals surface area (Å²) in [6.45, 7) is 4.36. The summed E-state index contributed by atoms with van der Waals surface area (Å²) in [6, 6.07) is 9.28. The van der Waals surface area contributed by atoms with Crippen LogP contribution in [0.2, 0.25) is 0 Å². The first-order chi connectivity index (χ1) is 9.19. The van der Waals surface area contributed by atoms with Gasteiger partial charge in [0, 0.05) is 12.1 Å². The van der Waals surface area contributed by atoms with Gasteiger partial charge in [0.2, 0.25) is 0 Å². The zero-order chi connectivity index (χ0) is 13.7. The normalized spacial score (nSPS) is 19.6. The largest absolute Gasteiger partial charge is 0.466 e. The second-order valence-corrected chi connectivity index (χ2v) is 5.29. The van der Waals surface area contributed by atoms with Crippen LogP contribution < -0.4 is 5.32 Å². The van der Waals surface area contributed by atoms with Gasteiger partial charge >= 0.3 is 5.97 Å². The van der Waals surface area contributed by atoms with Gasteiger partial charge in [0.15, 0.2) is 0 Å². The van der Waals surface area contributed by atoms with Gasteiger partial charge in [0.05, 0.1) is 13.0 Å². The van der Waals surface area contributed by atoms with E-state index in [1.54, 1.807) is 0 Å². The molecule has 0 fully saturated rings. The molecule has 19 heavy (non-hydrogen) atoms. The van der Waals surface area contributed by atoms with Crippen LogP contribution in [0.3, 0.4) is 0 Å². The molecule has 3 heteroatoms. The lowest BCUT2D eigenvalue weighted by atomic mass is 9.88. The molecule has 3 nitrogen and oxygen atoms in total. The van der Waals surface area contributed by atoms with E-state index >= 15 is 0 Å². The summed E-state index contributed by atoms with van der Waals surface area (Å²) in [4.78, 5) is 11.4. The Hall–Kier alpha value is -1.35. The highest BCUT2D eigenvalue weighted by Crippen LogP contribution is 2.21. The number of fused-ring (bicyclic) bond motifs is 1. The Morgan fingerprint density at radius 1 is 1.42 bits per heavy atom. The summed E-state index contributed by atoms with van der Waals surface area (Å²) in [5.41, 5.74) is 2.91. The van der Waals surface area contributed by atoms with Crippen molar-refractivity contribution in [2.24, 2.45) is 0 Å². The van der Waals surface area contributed by atoms with E-state index in [0.717, 1.165) is 19.3 Å². The van der Waals surface area contributed by atoms with Crippen molar-refractivity contribution in [1.82, 2.24) is 5.32 Å². The van der Waals surface area contributed by atoms with Gasteiger partial charge in [-0.15, -0.1) is 0 Å². The summed E-state index contributed by atoms with van der Waals surface area (Å²) in [5.74, 6) is -0.112. The maximum absolute atomic E-state index is 11.4. The van der Waals surface area contributed by atoms with Gasteiger partial charge in [-0.05, 0) is 44.2 Å². The molecular formula is C16H23NO2. The SMILES string of the molecule is CCOC(=O)CC(C)NC1CCc2ccccc2C1. The highest BCUT2D eigenvalue weighted by atomic mass is 16.5. The van der Waals surface area contributed by atoms with Gasteiger partial charge in [-0.25, -0.2) is 0 Å². The van der Waals surface area contributed by atoms with Gasteiger partial charge in [-0.3, -0.25) is 4.79 Å². The molecule has 0 bridgehead atoms. The van der Waals surface area contributed by atoms with Gasteiger partial charge in [0.25, 0.3) is 0 Å². The standard InChI is InChI=1S/C16H23NO2/c1-3-19-16(18)10-12(2)17-15-9-8-13-6-4-5-7-14(13)11-15/h4-7,12,15,17H,3,8-11H2,1-2H3. The van der Waals surface area contributed by atoms with Crippen LogP contribution >= 0.6 is 0 Å². The summed E-state index contributed by atoms with van der Waals surface area (Å²) in [7, 11) is 0. The second-order valence-electron chi connectivity index (χ2n) is 5.29. The van der Waals surface area contributed by atoms with Crippen LogP contribution in [0.4, 0.5) is 0 Å². The predicted molar refractivity (Wildman–Crippen MR) is 76.1 cm³/mol. The van der Waals surface area contributed by atoms with E-state index in [1.807, 2.05) is 6.92 Å². The van der Waals surface area contributed by atoms with E-state index in [0.29, 0.717) is 19.1 Å². The van der Waals surface area contributed by atoms with Crippen molar-refractivity contribution in [3.05, 3.63) is 35.4 Å². The first-order valence-electron chi connectivity index (χ1n) is 7.17. The Balaban J connectivity index is 1.83. The highest BCUT2D eigenvalue weighted by molar-refractivity contribution is 5.70. The molecular weight excluding hydrogens is 238 g/mol. The van der Waals surface area contributed by atoms with E-state index in [-0.39, 0.29) is 12.0 Å². The molecule has 104 valence electrons. The fourth-order valence-corrected chi connectivity index (χ4v) is 2.77. The van der Waals surface area contributed by atoms with Crippen LogP contribution in [0, 0.1) is 0 Å². The van der Waals surface area contributed by atoms with E-state index in [4.69, 9.17) is 4.74 Å². The number of carbonyl (C=O) groups excluding carboxylic acids is 1. The number of nitrogens with one attached hydrogen (secondary N) is 1. The van der Waals surface area contributed by atoms with Crippen molar-refractivity contribution in [2.75, 3.05) is 6.61 Å². The molecule has 0 aromatic heterocycles. The fourth-order valence-electron chi connectivity index (χ4n) is 2.77. The molecule has 1 aromatic rings. The molecule has 2 unspecified atom stereocenters. The minimum absolute atomic E-state index is 0.112. The molecule has 1 aromatic carbocycles. The number of hydrogen-bond acceptors (Lipinski definition) is 3. The molecule has 2 rings (SSSR count). The lowest BCUT2D eigenvalue weighted by Crippen LogP contribution is -2.41. The maximum atomic E-state index is 11.4. The molecule has 0 saturated carbocycles. The third kappa shape index (κ3) is 4.06. The lowest BCUT2D eigenvalue weighted by Gasteiger charge is -2.28. The van der Waals surface area contributed by atoms with Crippen molar-refractivity contribution < 1.29 is 9.53 Å². The molecule has 1 aliphatic carbocycles. The number of esters is 1. The van der Waals surface area contributed by atoms with Gasteiger partial charge < -0.3 is 10.1 Å². The van der Waals surface area contributed by atoms with E-state index in [9.17, 15) is 4.79 Å². The van der Waals surface area contributed by atoms with Gasteiger partial charge in [0.1, 0.15) is 0 Å². The van der Waals surface area contributed by atoms with Crippen LogP contribution in [0.15, 0.2) is 24.3 Å². The first kappa shape index (κ1) is 14.1. The predicted octanol–water partition coefficient (Wildman–Crippen LogP) is 2.48. The minimum atomic E-state index is -0.112. The average molecular weight is 261 g/mol. The molecule has 0 radical (unpaired) electrons. The molecule has 2 atom stereocenters. The molecule has 1 N–H and O–H groups in total. The lowest BCUT2D eigenvalue weighted by molar-refractivity contribution is -0.143. The van der Waals surface area contributed by atoms with Crippen LogP contribution in [-0.4, -0.2) is 24.7 Å². The van der Waals surface area contributed by atoms with Crippen LogP contribution in [-0.2, 0) is 22.4 Å². The molecule has 0 aliphatic heterocycles. The number of aryl methyl sites for hydroxylation is 1. The van der Waals surface area contributed by atoms with E-state index in [1.165, 1.54) is 11.1 Å². The van der Waals surface area contributed by atoms with Gasteiger partial charge in [-0.1, -0.05) is 24.3 Å². The van der Waals surface area contributed by atoms with Crippen molar-refractivity contribution in [1.29, 1.82) is 0 Å². The Morgan fingerprint density at radius 2 is 2.16 bits per heavy atom. The van der Waals surface area contributed by atoms with Crippen LogP contribution in [0.5, 0.6) is 0 Å². The number of hydrogen-bond donors (Lipinski definition) is 1. The third-order valence-electron chi connectivity index (χ3n) is 3.65. The zero-order valence-corrected chi connectivity index (χ0v) is 11.8. The second kappa shape index (κ2) is 6.71. The molecule has 0 heterocycles. The van der Waals surface area contributed by atoms with Crippen molar-refractivity contribution in [2.45, 2.75) is 51.6 Å². The van der Waals surface area contributed by atoms with Crippen molar-refractivity contribution >= 4 is 5.97 Å². The topological polar surface area (TPSA) is 38.3 Å². The Morgan fingerprint density at radius 3 is 2.89 bits per heavy atom. The fraction of sp³-hybridized carbons (Fsp3) is 0.562. The van der Waals surface area contributed by atoms with E-state index < -0.39 is 0 Å². The molecule has 0 amide bonds. The monoisotopic (exact) mass is 261 g/mol. The number of rotatable bonds is 5. The maximum Gasteiger partial charge on any atom is 0.307 e. The number of carbonyl (C=O) groups is 1. The number of ether oxygens (including phenoxy) is 1. The third-order valence-corrected chi connectivity index (χ3v) is 3.65. The van der Waals surface area contributed by atoms with Crippen molar-refractivity contribution in [3.63, 3.8) is 0 Å². The molecule has 1 aliphatic rings. The summed E-state index contributed by atoms with van der Waals surface area (Å²) in [6.07, 6.45) is 3.78. The summed E-state index contributed by atoms with van der Waals surface area (Å²) >= 11 is 0. The van der Waals surface area contributed by atoms with E-state index in [2.05, 4.69) is 36.5 Å². The molecule has 0 spiro atoms. The summed E-state index contributed by atoms with van der Waals surface area (Å²) in [5, 5.41) is 3.55. The molecule has 0 saturated heterocycles. The van der Waals surface area contributed by atoms with Gasteiger partial charge in [-0.2, -0.15) is 0 Å². The Bertz CT molecular complexity index is 431. The quantitative estimate of drug-likeness (QED) is 0.828. The Kier molecular flexibility index (Phi) is 4.97. The average Bonchev–Trinajstić information content (AvgIpc) is 2.38. The zero-order valence-electron chi connectivity index (χ0n) is 11.8. The number of benzene rings is 1. The van der Waals surface area contributed by atoms with Crippen LogP contribution in [0.1, 0.15) is 37.8 Å². The smallest absolute Gasteiger partial charge is 0.307 e. The van der Waals surface area contributed by atoms with Crippen LogP contribution in [0.25, 0.3) is 0 Å². The minimum Gasteiger partial charge on any atom is -0.466 e. The summed E-state index contributed by atoms with van der Waals surface area (Å²) < 4.78 is 4.98. The highest BCUT2D eigenvalue weighted by Gasteiger charge is 2.20. The first-order valence-corrected chi connectivity index (χ1v) is 7.17.